The summed E-state index contributed by atoms with van der Waals surface area (Å²) in [6.07, 6.45) is 0. The van der Waals surface area contributed by atoms with Crippen molar-refractivity contribution in [3.63, 3.8) is 0 Å². The van der Waals surface area contributed by atoms with E-state index in [9.17, 15) is 14.4 Å². The molecule has 0 saturated heterocycles. The molecule has 2 amide bonds. The van der Waals surface area contributed by atoms with Crippen LogP contribution in [0.15, 0.2) is 40.0 Å². The molecule has 2 aromatic rings. The quantitative estimate of drug-likeness (QED) is 0.615. The molecule has 0 aliphatic heterocycles. The number of amides is 2. The fourth-order valence-corrected chi connectivity index (χ4v) is 2.87. The van der Waals surface area contributed by atoms with Crippen molar-refractivity contribution >= 4 is 46.8 Å². The van der Waals surface area contributed by atoms with Crippen molar-refractivity contribution in [3.05, 3.63) is 56.4 Å². The van der Waals surface area contributed by atoms with E-state index in [-0.39, 0.29) is 17.0 Å². The lowest BCUT2D eigenvalue weighted by Gasteiger charge is -2.08. The van der Waals surface area contributed by atoms with Gasteiger partial charge in [0.15, 0.2) is 5.69 Å². The number of nitrogens with one attached hydrogen (secondary N) is 2. The molecule has 10 heteroatoms. The van der Waals surface area contributed by atoms with Crippen molar-refractivity contribution in [1.82, 2.24) is 20.6 Å². The van der Waals surface area contributed by atoms with Crippen molar-refractivity contribution in [2.75, 3.05) is 5.75 Å². The summed E-state index contributed by atoms with van der Waals surface area (Å²) in [5.74, 6) is -1.04. The Morgan fingerprint density at radius 2 is 1.96 bits per heavy atom. The number of thioether (sulfide) groups is 1. The smallest absolute Gasteiger partial charge is 0.272 e. The molecular formula is C14H12Cl2N4O3S. The van der Waals surface area contributed by atoms with E-state index >= 15 is 0 Å². The highest BCUT2D eigenvalue weighted by molar-refractivity contribution is 8.00. The van der Waals surface area contributed by atoms with Gasteiger partial charge in [-0.05, 0) is 24.3 Å². The van der Waals surface area contributed by atoms with Crippen LogP contribution in [0.3, 0.4) is 0 Å². The Morgan fingerprint density at radius 1 is 1.21 bits per heavy atom. The summed E-state index contributed by atoms with van der Waals surface area (Å²) in [5.41, 5.74) is 4.14. The van der Waals surface area contributed by atoms with Crippen LogP contribution in [0.4, 0.5) is 0 Å². The van der Waals surface area contributed by atoms with Crippen LogP contribution in [0.2, 0.25) is 10.0 Å². The number of rotatable bonds is 4. The van der Waals surface area contributed by atoms with Gasteiger partial charge in [-0.25, -0.2) is 4.68 Å². The molecule has 0 fully saturated rings. The van der Waals surface area contributed by atoms with Crippen molar-refractivity contribution in [2.45, 2.75) is 4.90 Å². The first-order chi connectivity index (χ1) is 11.4. The van der Waals surface area contributed by atoms with Crippen LogP contribution >= 0.6 is 35.0 Å². The average molecular weight is 387 g/mol. The second-order valence-corrected chi connectivity index (χ2v) is 6.41. The van der Waals surface area contributed by atoms with Gasteiger partial charge >= 0.3 is 0 Å². The number of nitrogens with zero attached hydrogens (tertiary/aromatic N) is 2. The molecule has 0 saturated carbocycles. The topological polar surface area (TPSA) is 93.1 Å². The number of halogens is 2. The van der Waals surface area contributed by atoms with Gasteiger partial charge in [0.1, 0.15) is 0 Å². The lowest BCUT2D eigenvalue weighted by atomic mass is 10.4. The van der Waals surface area contributed by atoms with Gasteiger partial charge in [0.25, 0.3) is 11.5 Å². The summed E-state index contributed by atoms with van der Waals surface area (Å²) < 4.78 is 1.02. The van der Waals surface area contributed by atoms with Crippen LogP contribution in [-0.4, -0.2) is 27.3 Å². The molecule has 0 aliphatic carbocycles. The van der Waals surface area contributed by atoms with Crippen molar-refractivity contribution < 1.29 is 9.59 Å². The van der Waals surface area contributed by atoms with E-state index in [2.05, 4.69) is 16.0 Å². The Kier molecular flexibility index (Phi) is 6.24. The zero-order valence-corrected chi connectivity index (χ0v) is 14.7. The Morgan fingerprint density at radius 3 is 2.67 bits per heavy atom. The van der Waals surface area contributed by atoms with Gasteiger partial charge in [-0.1, -0.05) is 23.2 Å². The van der Waals surface area contributed by atoms with Crippen LogP contribution in [0.1, 0.15) is 10.5 Å². The molecule has 2 rings (SSSR count). The first-order valence-corrected chi connectivity index (χ1v) is 8.32. The zero-order valence-electron chi connectivity index (χ0n) is 12.4. The second-order valence-electron chi connectivity index (χ2n) is 4.55. The van der Waals surface area contributed by atoms with Crippen LogP contribution in [-0.2, 0) is 11.8 Å². The summed E-state index contributed by atoms with van der Waals surface area (Å²) in [6.45, 7) is 0. The van der Waals surface area contributed by atoms with Crippen molar-refractivity contribution in [2.24, 2.45) is 7.05 Å². The predicted octanol–water partition coefficient (Wildman–Crippen LogP) is 1.64. The third kappa shape index (κ3) is 4.98. The molecule has 0 radical (unpaired) electrons. The highest BCUT2D eigenvalue weighted by Gasteiger charge is 2.11. The third-order valence-corrected chi connectivity index (χ3v) is 4.49. The number of hydrogen-bond donors (Lipinski definition) is 2. The minimum absolute atomic E-state index is 0.00272. The minimum Gasteiger partial charge on any atom is -0.272 e. The Labute approximate surface area is 151 Å². The maximum Gasteiger partial charge on any atom is 0.290 e. The molecular weight excluding hydrogens is 375 g/mol. The van der Waals surface area contributed by atoms with E-state index < -0.39 is 11.8 Å². The maximum atomic E-state index is 11.8. The number of carbonyl (C=O) groups is 2. The predicted molar refractivity (Wildman–Crippen MR) is 92.3 cm³/mol. The highest BCUT2D eigenvalue weighted by atomic mass is 35.5. The number of aryl methyl sites for hydroxylation is 1. The molecule has 7 nitrogen and oxygen atoms in total. The van der Waals surface area contributed by atoms with E-state index in [1.807, 2.05) is 0 Å². The van der Waals surface area contributed by atoms with Crippen LogP contribution in [0, 0.1) is 0 Å². The third-order valence-electron chi connectivity index (χ3n) is 2.76. The van der Waals surface area contributed by atoms with Crippen LogP contribution in [0.5, 0.6) is 0 Å². The average Bonchev–Trinajstić information content (AvgIpc) is 2.56. The summed E-state index contributed by atoms with van der Waals surface area (Å²) in [6, 6.07) is 7.41. The molecule has 0 unspecified atom stereocenters. The number of hydrazine groups is 1. The van der Waals surface area contributed by atoms with Gasteiger partial charge in [-0.2, -0.15) is 5.10 Å². The summed E-state index contributed by atoms with van der Waals surface area (Å²) in [4.78, 5) is 35.5. The molecule has 2 N–H and O–H groups in total. The SMILES string of the molecule is Cn1nc(C(=O)NNC(=O)CSc2cc(Cl)ccc2Cl)ccc1=O. The lowest BCUT2D eigenvalue weighted by Crippen LogP contribution is -2.43. The van der Waals surface area contributed by atoms with Gasteiger partial charge in [0.2, 0.25) is 5.91 Å². The molecule has 0 spiro atoms. The van der Waals surface area contributed by atoms with Gasteiger partial charge in [0, 0.05) is 23.0 Å². The highest BCUT2D eigenvalue weighted by Crippen LogP contribution is 2.29. The first kappa shape index (κ1) is 18.3. The van der Waals surface area contributed by atoms with Gasteiger partial charge in [-0.3, -0.25) is 25.2 Å². The van der Waals surface area contributed by atoms with Gasteiger partial charge in [-0.15, -0.1) is 11.8 Å². The normalized spacial score (nSPS) is 10.3. The lowest BCUT2D eigenvalue weighted by molar-refractivity contribution is -0.119. The van der Waals surface area contributed by atoms with Gasteiger partial charge in [0.05, 0.1) is 10.8 Å². The zero-order chi connectivity index (χ0) is 17.7. The summed E-state index contributed by atoms with van der Waals surface area (Å²) in [7, 11) is 1.42. The summed E-state index contributed by atoms with van der Waals surface area (Å²) in [5, 5.41) is 4.76. The Hall–Kier alpha value is -2.03. The largest absolute Gasteiger partial charge is 0.290 e. The van der Waals surface area contributed by atoms with Crippen LogP contribution in [0.25, 0.3) is 0 Å². The molecule has 1 heterocycles. The first-order valence-electron chi connectivity index (χ1n) is 6.58. The fraction of sp³-hybridized carbons (Fsp3) is 0.143. The Bertz CT molecular complexity index is 841. The second kappa shape index (κ2) is 8.18. The number of benzene rings is 1. The van der Waals surface area contributed by atoms with Gasteiger partial charge < -0.3 is 0 Å². The molecule has 1 aromatic heterocycles. The number of hydrogen-bond acceptors (Lipinski definition) is 5. The molecule has 126 valence electrons. The fourth-order valence-electron chi connectivity index (χ4n) is 1.58. The summed E-state index contributed by atoms with van der Waals surface area (Å²) >= 11 is 13.0. The molecule has 1 aromatic carbocycles. The number of carbonyl (C=O) groups excluding carboxylic acids is 2. The molecule has 0 bridgehead atoms. The van der Waals surface area contributed by atoms with Crippen molar-refractivity contribution in [1.29, 1.82) is 0 Å². The molecule has 24 heavy (non-hydrogen) atoms. The maximum absolute atomic E-state index is 11.8. The van der Waals surface area contributed by atoms with E-state index in [0.29, 0.717) is 14.9 Å². The van der Waals surface area contributed by atoms with Crippen LogP contribution < -0.4 is 16.4 Å². The molecule has 0 aliphatic rings. The monoisotopic (exact) mass is 386 g/mol. The minimum atomic E-state index is -0.635. The Balaban J connectivity index is 1.86. The molecule has 0 atom stereocenters. The van der Waals surface area contributed by atoms with Crippen molar-refractivity contribution in [3.8, 4) is 0 Å². The number of aromatic nitrogens is 2. The van der Waals surface area contributed by atoms with E-state index in [4.69, 9.17) is 23.2 Å². The van der Waals surface area contributed by atoms with E-state index in [1.54, 1.807) is 18.2 Å². The van der Waals surface area contributed by atoms with E-state index in [1.165, 1.54) is 30.9 Å². The van der Waals surface area contributed by atoms with E-state index in [0.717, 1.165) is 4.68 Å². The standard InChI is InChI=1S/C14H12Cl2N4O3S/c1-20-13(22)5-4-10(19-20)14(23)18-17-12(21)7-24-11-6-8(15)2-3-9(11)16/h2-6H,7H2,1H3,(H,17,21)(H,18,23).